The molecule has 12 nitrogen and oxygen atoms in total. The van der Waals surface area contributed by atoms with Crippen molar-refractivity contribution in [1.82, 2.24) is 36.3 Å². The molecule has 5 aliphatic rings. The van der Waals surface area contributed by atoms with Gasteiger partial charge < -0.3 is 26.2 Å². The normalized spacial score (nSPS) is 27.7. The summed E-state index contributed by atoms with van der Waals surface area (Å²) >= 11 is 0. The van der Waals surface area contributed by atoms with Crippen molar-refractivity contribution < 1.29 is 14.0 Å². The van der Waals surface area contributed by atoms with Gasteiger partial charge in [-0.25, -0.2) is 9.18 Å². The quantitative estimate of drug-likeness (QED) is 0.360. The predicted octanol–water partition coefficient (Wildman–Crippen LogP) is 0.721. The minimum absolute atomic E-state index is 0.0238. The lowest BCUT2D eigenvalue weighted by atomic mass is 9.91. The maximum atomic E-state index is 14.1. The Morgan fingerprint density at radius 2 is 1.85 bits per heavy atom. The number of piperazine rings is 1. The third kappa shape index (κ3) is 5.97. The maximum Gasteiger partial charge on any atom is 0.317 e. The first-order chi connectivity index (χ1) is 19.0. The van der Waals surface area contributed by atoms with Crippen LogP contribution in [0.1, 0.15) is 38.5 Å². The monoisotopic (exact) mass is 538 g/mol. The molecule has 3 fully saturated rings. The van der Waals surface area contributed by atoms with Gasteiger partial charge in [-0.05, 0) is 44.6 Å². The van der Waals surface area contributed by atoms with Crippen LogP contribution in [0.4, 0.5) is 14.9 Å². The molecule has 6 rings (SSSR count). The van der Waals surface area contributed by atoms with Crippen LogP contribution < -0.4 is 26.7 Å². The van der Waals surface area contributed by atoms with Crippen molar-refractivity contribution in [2.45, 2.75) is 62.7 Å². The highest BCUT2D eigenvalue weighted by atomic mass is 19.1. The zero-order valence-electron chi connectivity index (χ0n) is 21.8. The van der Waals surface area contributed by atoms with Gasteiger partial charge in [0.1, 0.15) is 5.84 Å². The molecule has 2 saturated carbocycles. The molecule has 3 amide bonds. The van der Waals surface area contributed by atoms with Gasteiger partial charge in [0.2, 0.25) is 0 Å². The summed E-state index contributed by atoms with van der Waals surface area (Å²) in [5, 5.41) is 14.4. The number of hydrazine groups is 1. The van der Waals surface area contributed by atoms with Gasteiger partial charge in [0, 0.05) is 50.5 Å². The first-order valence-electron chi connectivity index (χ1n) is 13.9. The Morgan fingerprint density at radius 1 is 1.08 bits per heavy atom. The maximum absolute atomic E-state index is 14.1. The second kappa shape index (κ2) is 11.2. The Bertz CT molecular complexity index is 1180. The Balaban J connectivity index is 1.10. The van der Waals surface area contributed by atoms with E-state index in [0.717, 1.165) is 76.6 Å². The fourth-order valence-corrected chi connectivity index (χ4v) is 5.37. The molecular weight excluding hydrogens is 503 g/mol. The first-order valence-corrected chi connectivity index (χ1v) is 13.9. The largest absolute Gasteiger partial charge is 0.379 e. The second-order valence-electron chi connectivity index (χ2n) is 10.7. The summed E-state index contributed by atoms with van der Waals surface area (Å²) in [6.45, 7) is 3.39. The van der Waals surface area contributed by atoms with Crippen LogP contribution in [0.2, 0.25) is 0 Å². The molecule has 3 aliphatic heterocycles. The van der Waals surface area contributed by atoms with E-state index in [1.54, 1.807) is 5.01 Å². The van der Waals surface area contributed by atoms with Crippen LogP contribution in [0.5, 0.6) is 0 Å². The van der Waals surface area contributed by atoms with Crippen molar-refractivity contribution >= 4 is 29.3 Å². The van der Waals surface area contributed by atoms with Gasteiger partial charge >= 0.3 is 6.03 Å². The van der Waals surface area contributed by atoms with Crippen molar-refractivity contribution in [1.29, 1.82) is 0 Å². The number of halogens is 1. The van der Waals surface area contributed by atoms with Gasteiger partial charge in [0.05, 0.1) is 30.2 Å². The standard InChI is InChI=1S/C26H35FN10O2/c27-19-14-29-8-7-20(19)34-25(38)22-15-30-24-21(31-16-1-2-16)13-23(35-37(22)24)32-17-3-5-18(6-4-17)33-26(39)36-11-9-28-10-12-36/h7-8,13-14,16-18,22,28,31H,1-6,9-12,15H2,(H,32,35)(H,33,39)(H,29,34,38). The summed E-state index contributed by atoms with van der Waals surface area (Å²) in [6.07, 6.45) is 10.1. The SMILES string of the molecule is O=C(Nc1ccncc1F)C1CN=C2C(NC3CC3)=CC(=NC3CCC(NC(=O)N4CCNCC4)CC3)NN21. The summed E-state index contributed by atoms with van der Waals surface area (Å²) in [7, 11) is 0. The zero-order valence-corrected chi connectivity index (χ0v) is 21.8. The van der Waals surface area contributed by atoms with Gasteiger partial charge in [0.25, 0.3) is 5.91 Å². The average molecular weight is 539 g/mol. The molecule has 13 heteroatoms. The third-order valence-corrected chi connectivity index (χ3v) is 7.73. The Morgan fingerprint density at radius 3 is 2.59 bits per heavy atom. The lowest BCUT2D eigenvalue weighted by molar-refractivity contribution is -0.119. The van der Waals surface area contributed by atoms with E-state index in [-0.39, 0.29) is 36.3 Å². The third-order valence-electron chi connectivity index (χ3n) is 7.73. The number of hydrogen-bond acceptors (Lipinski definition) is 8. The highest BCUT2D eigenvalue weighted by Gasteiger charge is 2.40. The molecule has 4 heterocycles. The lowest BCUT2D eigenvalue weighted by Crippen LogP contribution is -2.57. The molecule has 208 valence electrons. The number of urea groups is 1. The van der Waals surface area contributed by atoms with Crippen LogP contribution in [0.3, 0.4) is 0 Å². The van der Waals surface area contributed by atoms with Gasteiger partial charge in [-0.15, -0.1) is 0 Å². The Labute approximate surface area is 226 Å². The van der Waals surface area contributed by atoms with E-state index in [4.69, 9.17) is 4.99 Å². The number of hydrogen-bond donors (Lipinski definition) is 5. The van der Waals surface area contributed by atoms with Gasteiger partial charge in [-0.3, -0.25) is 30.2 Å². The van der Waals surface area contributed by atoms with E-state index in [1.165, 1.54) is 12.3 Å². The number of aromatic nitrogens is 1. The summed E-state index contributed by atoms with van der Waals surface area (Å²) in [5.41, 5.74) is 4.22. The van der Waals surface area contributed by atoms with Crippen LogP contribution >= 0.6 is 0 Å². The summed E-state index contributed by atoms with van der Waals surface area (Å²) < 4.78 is 14.1. The summed E-state index contributed by atoms with van der Waals surface area (Å²) in [5.74, 6) is 0.379. The number of carbonyl (C=O) groups excluding carboxylic acids is 2. The molecule has 1 unspecified atom stereocenters. The number of anilines is 1. The molecular formula is C26H35FN10O2. The lowest BCUT2D eigenvalue weighted by Gasteiger charge is -2.34. The molecule has 0 aromatic carbocycles. The molecule has 1 aromatic heterocycles. The van der Waals surface area contributed by atoms with Crippen molar-refractivity contribution in [2.24, 2.45) is 9.98 Å². The van der Waals surface area contributed by atoms with Crippen molar-refractivity contribution in [2.75, 3.05) is 38.0 Å². The fourth-order valence-electron chi connectivity index (χ4n) is 5.37. The minimum Gasteiger partial charge on any atom is -0.379 e. The molecule has 0 bridgehead atoms. The second-order valence-corrected chi connectivity index (χ2v) is 10.7. The number of amidine groups is 2. The van der Waals surface area contributed by atoms with Crippen molar-refractivity contribution in [3.63, 3.8) is 0 Å². The van der Waals surface area contributed by atoms with Gasteiger partial charge in [0.15, 0.2) is 17.7 Å². The van der Waals surface area contributed by atoms with E-state index in [0.29, 0.717) is 17.7 Å². The van der Waals surface area contributed by atoms with Gasteiger partial charge in [-0.1, -0.05) is 0 Å². The average Bonchev–Trinajstić information content (AvgIpc) is 3.66. The van der Waals surface area contributed by atoms with Crippen LogP contribution in [0.25, 0.3) is 0 Å². The number of fused-ring (bicyclic) bond motifs is 1. The molecule has 39 heavy (non-hydrogen) atoms. The van der Waals surface area contributed by atoms with E-state index in [2.05, 4.69) is 36.7 Å². The highest BCUT2D eigenvalue weighted by Crippen LogP contribution is 2.26. The highest BCUT2D eigenvalue weighted by molar-refractivity contribution is 6.12. The minimum atomic E-state index is -0.654. The molecule has 1 saturated heterocycles. The fraction of sp³-hybridized carbons (Fsp3) is 0.577. The van der Waals surface area contributed by atoms with E-state index < -0.39 is 11.9 Å². The topological polar surface area (TPSA) is 138 Å². The summed E-state index contributed by atoms with van der Waals surface area (Å²) in [6, 6.07) is 1.47. The molecule has 2 aliphatic carbocycles. The Kier molecular flexibility index (Phi) is 7.31. The molecule has 1 atom stereocenters. The van der Waals surface area contributed by atoms with Gasteiger partial charge in [-0.2, -0.15) is 0 Å². The number of nitrogens with zero attached hydrogens (tertiary/aromatic N) is 5. The van der Waals surface area contributed by atoms with E-state index in [1.807, 2.05) is 11.0 Å². The number of carbonyl (C=O) groups is 2. The zero-order chi connectivity index (χ0) is 26.8. The number of pyridine rings is 1. The molecule has 0 radical (unpaired) electrons. The van der Waals surface area contributed by atoms with Crippen LogP contribution in [0.15, 0.2) is 40.2 Å². The van der Waals surface area contributed by atoms with Crippen molar-refractivity contribution in [3.8, 4) is 0 Å². The van der Waals surface area contributed by atoms with E-state index in [9.17, 15) is 14.0 Å². The van der Waals surface area contributed by atoms with E-state index >= 15 is 0 Å². The molecule has 5 N–H and O–H groups in total. The number of aliphatic imine (C=N–C) groups is 2. The number of rotatable bonds is 6. The van der Waals surface area contributed by atoms with Crippen LogP contribution in [-0.4, -0.2) is 95.4 Å². The molecule has 1 aromatic rings. The number of amides is 3. The first kappa shape index (κ1) is 25.5. The smallest absolute Gasteiger partial charge is 0.317 e. The summed E-state index contributed by atoms with van der Waals surface area (Å²) in [4.78, 5) is 40.9. The van der Waals surface area contributed by atoms with Crippen LogP contribution in [0, 0.1) is 5.82 Å². The predicted molar refractivity (Wildman–Crippen MR) is 145 cm³/mol. The Hall–Kier alpha value is -3.74. The number of nitrogens with one attached hydrogen (secondary N) is 5. The molecule has 0 spiro atoms. The van der Waals surface area contributed by atoms with Crippen LogP contribution in [-0.2, 0) is 4.79 Å². The van der Waals surface area contributed by atoms with Crippen molar-refractivity contribution in [3.05, 3.63) is 36.1 Å².